The van der Waals surface area contributed by atoms with Gasteiger partial charge in [0.05, 0.1) is 12.7 Å². The molecule has 2 rings (SSSR count). The van der Waals surface area contributed by atoms with E-state index in [0.29, 0.717) is 11.9 Å². The number of hydrogen-bond acceptors (Lipinski definition) is 7. The predicted molar refractivity (Wildman–Crippen MR) is 76.6 cm³/mol. The molecule has 7 nitrogen and oxygen atoms in total. The fraction of sp³-hybridized carbons (Fsp3) is 0.667. The summed E-state index contributed by atoms with van der Waals surface area (Å²) in [5, 5.41) is 23.3. The van der Waals surface area contributed by atoms with Crippen molar-refractivity contribution in [1.29, 1.82) is 0 Å². The van der Waals surface area contributed by atoms with E-state index in [2.05, 4.69) is 20.9 Å². The van der Waals surface area contributed by atoms with Crippen molar-refractivity contribution in [3.8, 4) is 0 Å². The molecular formula is C9H14BrN3O4S2. The summed E-state index contributed by atoms with van der Waals surface area (Å²) in [5.41, 5.74) is 0. The van der Waals surface area contributed by atoms with Gasteiger partial charge in [0.2, 0.25) is 6.23 Å². The lowest BCUT2D eigenvalue weighted by molar-refractivity contribution is 0.0847. The van der Waals surface area contributed by atoms with Crippen molar-refractivity contribution in [2.45, 2.75) is 10.4 Å². The zero-order chi connectivity index (χ0) is 14.3. The Labute approximate surface area is 123 Å². The summed E-state index contributed by atoms with van der Waals surface area (Å²) in [6.45, 7) is 0.968. The Bertz CT molecular complexity index is 564. The maximum absolute atomic E-state index is 12.6. The van der Waals surface area contributed by atoms with E-state index in [1.54, 1.807) is 0 Å². The lowest BCUT2D eigenvalue weighted by Gasteiger charge is -2.37. The van der Waals surface area contributed by atoms with Gasteiger partial charge in [-0.15, -0.1) is 0 Å². The third-order valence-corrected chi connectivity index (χ3v) is 6.13. The molecule has 0 bridgehead atoms. The quantitative estimate of drug-likeness (QED) is 0.465. The van der Waals surface area contributed by atoms with Crippen LogP contribution in [0, 0.1) is 5.21 Å². The molecule has 1 N–H and O–H groups in total. The van der Waals surface area contributed by atoms with Crippen molar-refractivity contribution in [2.24, 2.45) is 0 Å². The van der Waals surface area contributed by atoms with E-state index >= 15 is 0 Å². The molecule has 0 spiro atoms. The normalized spacial score (nSPS) is 28.9. The topological polar surface area (TPSA) is 93.6 Å². The monoisotopic (exact) mass is 371 g/mol. The maximum Gasteiger partial charge on any atom is 0.290 e. The fourth-order valence-corrected chi connectivity index (χ4v) is 4.18. The molecule has 2 atom stereocenters. The first-order valence-electron chi connectivity index (χ1n) is 5.49. The highest BCUT2D eigenvalue weighted by atomic mass is 79.9. The summed E-state index contributed by atoms with van der Waals surface area (Å²) in [5.74, 6) is 0. The lowest BCUT2D eigenvalue weighted by atomic mass is 10.5. The Balaban J connectivity index is 2.28. The number of halogens is 1. The molecule has 1 aromatic rings. The van der Waals surface area contributed by atoms with E-state index in [9.17, 15) is 18.7 Å². The third-order valence-electron chi connectivity index (χ3n) is 2.88. The highest BCUT2D eigenvalue weighted by Gasteiger charge is 2.42. The zero-order valence-electron chi connectivity index (χ0n) is 10.2. The van der Waals surface area contributed by atoms with Gasteiger partial charge in [-0.3, -0.25) is 4.65 Å². The molecule has 0 saturated carbocycles. The minimum absolute atomic E-state index is 0.0435. The third kappa shape index (κ3) is 2.99. The van der Waals surface area contributed by atoms with Crippen LogP contribution in [0.3, 0.4) is 0 Å². The standard InChI is InChI=1S/C9H14BrN3O4S2/c1-19(16,17)8-4-11-9(18-8)13(15)6-12(3-2-10)5-7(13)14/h4,7,14H,2-3,5-6H2,1H3. The fourth-order valence-electron chi connectivity index (χ4n) is 1.88. The molecule has 108 valence electrons. The first-order valence-corrected chi connectivity index (χ1v) is 9.32. The van der Waals surface area contributed by atoms with E-state index in [-0.39, 0.29) is 22.6 Å². The minimum Gasteiger partial charge on any atom is -0.623 e. The first-order chi connectivity index (χ1) is 8.77. The number of alkyl halides is 1. The number of β-amino-alcohol motifs (C(OH)–C–C–N with tert-alkyl or cyclic N) is 1. The van der Waals surface area contributed by atoms with Gasteiger partial charge in [-0.2, -0.15) is 4.98 Å². The van der Waals surface area contributed by atoms with Gasteiger partial charge in [-0.1, -0.05) is 15.9 Å². The number of nitrogens with zero attached hydrogens (tertiary/aromatic N) is 3. The van der Waals surface area contributed by atoms with Gasteiger partial charge in [0, 0.05) is 18.1 Å². The summed E-state index contributed by atoms with van der Waals surface area (Å²) < 4.78 is 21.8. The van der Waals surface area contributed by atoms with Crippen LogP contribution in [0.15, 0.2) is 10.4 Å². The lowest BCUT2D eigenvalue weighted by Crippen LogP contribution is -2.48. The molecule has 1 aromatic heterocycles. The number of rotatable bonds is 4. The van der Waals surface area contributed by atoms with Crippen LogP contribution < -0.4 is 4.65 Å². The van der Waals surface area contributed by atoms with E-state index in [1.807, 2.05) is 4.90 Å². The number of hydroxylamine groups is 2. The van der Waals surface area contributed by atoms with E-state index in [1.165, 1.54) is 6.20 Å². The Hall–Kier alpha value is -0.100. The van der Waals surface area contributed by atoms with Crippen LogP contribution in [0.1, 0.15) is 0 Å². The number of quaternary nitrogens is 1. The van der Waals surface area contributed by atoms with Crippen LogP contribution in [-0.4, -0.2) is 61.0 Å². The molecule has 0 radical (unpaired) electrons. The zero-order valence-corrected chi connectivity index (χ0v) is 13.4. The Morgan fingerprint density at radius 3 is 2.95 bits per heavy atom. The molecule has 2 heterocycles. The van der Waals surface area contributed by atoms with Crippen LogP contribution in [0.2, 0.25) is 0 Å². The predicted octanol–water partition coefficient (Wildman–Crippen LogP) is 0.338. The summed E-state index contributed by atoms with van der Waals surface area (Å²) in [7, 11) is -3.38. The van der Waals surface area contributed by atoms with Crippen LogP contribution in [0.4, 0.5) is 5.13 Å². The number of hydrogen-bond donors (Lipinski definition) is 1. The van der Waals surface area contributed by atoms with Gasteiger partial charge in [-0.05, 0) is 11.3 Å². The van der Waals surface area contributed by atoms with Crippen LogP contribution in [-0.2, 0) is 9.84 Å². The summed E-state index contributed by atoms with van der Waals surface area (Å²) in [4.78, 5) is 5.70. The first kappa shape index (κ1) is 15.3. The molecule has 1 aliphatic rings. The van der Waals surface area contributed by atoms with Crippen molar-refractivity contribution < 1.29 is 13.5 Å². The number of sulfone groups is 1. The summed E-state index contributed by atoms with van der Waals surface area (Å²) >= 11 is 4.10. The molecule has 1 fully saturated rings. The summed E-state index contributed by atoms with van der Waals surface area (Å²) in [6, 6.07) is 0. The average molecular weight is 372 g/mol. The van der Waals surface area contributed by atoms with E-state index in [0.717, 1.165) is 17.6 Å². The van der Waals surface area contributed by atoms with Crippen LogP contribution >= 0.6 is 27.3 Å². The van der Waals surface area contributed by atoms with Gasteiger partial charge in [0.15, 0.2) is 9.84 Å². The SMILES string of the molecule is CS(=O)(=O)c1cnc([N+]2([O-])CN(CCBr)CC2O)s1. The molecule has 2 unspecified atom stereocenters. The number of aliphatic hydroxyl groups is 1. The van der Waals surface area contributed by atoms with Gasteiger partial charge < -0.3 is 10.3 Å². The molecule has 0 amide bonds. The van der Waals surface area contributed by atoms with Crippen LogP contribution in [0.25, 0.3) is 0 Å². The second-order valence-electron chi connectivity index (χ2n) is 4.42. The second-order valence-corrected chi connectivity index (χ2v) is 8.46. The summed E-state index contributed by atoms with van der Waals surface area (Å²) in [6.07, 6.45) is 1.10. The van der Waals surface area contributed by atoms with Gasteiger partial charge in [0.1, 0.15) is 10.9 Å². The van der Waals surface area contributed by atoms with Crippen LogP contribution in [0.5, 0.6) is 0 Å². The number of aromatic nitrogens is 1. The molecule has 1 aliphatic heterocycles. The van der Waals surface area contributed by atoms with Crippen molar-refractivity contribution in [3.05, 3.63) is 11.4 Å². The van der Waals surface area contributed by atoms with E-state index < -0.39 is 20.7 Å². The molecule has 10 heteroatoms. The molecule has 1 saturated heterocycles. The Kier molecular flexibility index (Phi) is 4.31. The Morgan fingerprint density at radius 1 is 1.74 bits per heavy atom. The minimum atomic E-state index is -3.38. The molecule has 19 heavy (non-hydrogen) atoms. The largest absolute Gasteiger partial charge is 0.623 e. The maximum atomic E-state index is 12.6. The second kappa shape index (κ2) is 5.35. The molecular weight excluding hydrogens is 358 g/mol. The van der Waals surface area contributed by atoms with Gasteiger partial charge >= 0.3 is 0 Å². The van der Waals surface area contributed by atoms with Gasteiger partial charge in [0.25, 0.3) is 5.13 Å². The molecule has 0 aromatic carbocycles. The smallest absolute Gasteiger partial charge is 0.290 e. The highest BCUT2D eigenvalue weighted by Crippen LogP contribution is 2.35. The van der Waals surface area contributed by atoms with Gasteiger partial charge in [-0.25, -0.2) is 13.3 Å². The number of thiazole rings is 1. The van der Waals surface area contributed by atoms with Crippen molar-refractivity contribution in [2.75, 3.05) is 31.3 Å². The number of aliphatic hydroxyl groups excluding tert-OH is 1. The highest BCUT2D eigenvalue weighted by molar-refractivity contribution is 9.09. The molecule has 0 aliphatic carbocycles. The average Bonchev–Trinajstić information content (AvgIpc) is 2.86. The van der Waals surface area contributed by atoms with Crippen molar-refractivity contribution in [1.82, 2.24) is 14.5 Å². The Morgan fingerprint density at radius 2 is 2.42 bits per heavy atom. The van der Waals surface area contributed by atoms with Crippen molar-refractivity contribution in [3.63, 3.8) is 0 Å². The van der Waals surface area contributed by atoms with Crippen molar-refractivity contribution >= 4 is 42.2 Å². The van der Waals surface area contributed by atoms with E-state index in [4.69, 9.17) is 0 Å².